The van der Waals surface area contributed by atoms with Gasteiger partial charge in [-0.2, -0.15) is 23.4 Å². The molecule has 1 aromatic carbocycles. The summed E-state index contributed by atoms with van der Waals surface area (Å²) in [6.45, 7) is 0.699. The number of rotatable bonds is 4. The molecule has 9 heteroatoms. The number of benzene rings is 1. The number of halogens is 3. The van der Waals surface area contributed by atoms with Crippen LogP contribution < -0.4 is 5.32 Å². The molecule has 6 rings (SSSR count). The van der Waals surface area contributed by atoms with E-state index in [1.54, 1.807) is 12.4 Å². The van der Waals surface area contributed by atoms with Gasteiger partial charge in [0.2, 0.25) is 0 Å². The van der Waals surface area contributed by atoms with Crippen molar-refractivity contribution in [3.05, 3.63) is 72.2 Å². The number of nitrogens with one attached hydrogen (secondary N) is 1. The zero-order valence-electron chi connectivity index (χ0n) is 17.5. The molecule has 3 fully saturated rings. The Bertz CT molecular complexity index is 1220. The van der Waals surface area contributed by atoms with Gasteiger partial charge in [-0.05, 0) is 54.0 Å². The van der Waals surface area contributed by atoms with Gasteiger partial charge >= 0.3 is 6.18 Å². The third-order valence-corrected chi connectivity index (χ3v) is 7.34. The minimum Gasteiger partial charge on any atom is -0.365 e. The highest BCUT2D eigenvalue weighted by molar-refractivity contribution is 6.01. The lowest BCUT2D eigenvalue weighted by Gasteiger charge is -2.48. The maximum Gasteiger partial charge on any atom is 0.417 e. The number of carbonyl (C=O) groups is 1. The summed E-state index contributed by atoms with van der Waals surface area (Å²) in [6, 6.07) is 11.6. The number of nitrogens with zero attached hydrogens (tertiary/aromatic N) is 4. The fourth-order valence-electron chi connectivity index (χ4n) is 5.72. The van der Waals surface area contributed by atoms with Crippen LogP contribution in [0.25, 0.3) is 11.1 Å². The standard InChI is InChI=1S/C24H20F3N5O/c25-24(26,27)15-5-6-20(28-12-15)31-19-10-23-9-16(23)13-32(21(19)23)22(33)18-4-2-1-3-17(18)14-7-8-29-30-11-14/h1-8,11-12,16,19,21H,9-10,13H2,(H,28,31). The van der Waals surface area contributed by atoms with Crippen molar-refractivity contribution in [2.75, 3.05) is 11.9 Å². The van der Waals surface area contributed by atoms with E-state index in [9.17, 15) is 18.0 Å². The highest BCUT2D eigenvalue weighted by atomic mass is 19.4. The zero-order chi connectivity index (χ0) is 22.8. The summed E-state index contributed by atoms with van der Waals surface area (Å²) < 4.78 is 38.5. The molecule has 4 atom stereocenters. The SMILES string of the molecule is O=C(c1ccccc1-c1ccnnc1)N1CC2CC23CC(Nc2ccc(C(F)(F)F)cn2)C13. The Kier molecular flexibility index (Phi) is 4.27. The van der Waals surface area contributed by atoms with Crippen LogP contribution in [0.4, 0.5) is 19.0 Å². The first kappa shape index (κ1) is 20.1. The largest absolute Gasteiger partial charge is 0.417 e. The fraction of sp³-hybridized carbons (Fsp3) is 0.333. The summed E-state index contributed by atoms with van der Waals surface area (Å²) in [6.07, 6.45) is 1.65. The molecule has 0 bridgehead atoms. The minimum absolute atomic E-state index is 0.00251. The average molecular weight is 451 g/mol. The summed E-state index contributed by atoms with van der Waals surface area (Å²) >= 11 is 0. The molecule has 1 spiro atoms. The predicted molar refractivity (Wildman–Crippen MR) is 114 cm³/mol. The van der Waals surface area contributed by atoms with Crippen LogP contribution in [0.15, 0.2) is 61.1 Å². The molecular weight excluding hydrogens is 431 g/mol. The summed E-state index contributed by atoms with van der Waals surface area (Å²) in [5.41, 5.74) is 1.60. The summed E-state index contributed by atoms with van der Waals surface area (Å²) in [7, 11) is 0. The first-order chi connectivity index (χ1) is 15.9. The maximum atomic E-state index is 13.7. The Balaban J connectivity index is 1.25. The minimum atomic E-state index is -4.42. The zero-order valence-corrected chi connectivity index (χ0v) is 17.5. The average Bonchev–Trinajstić information content (AvgIpc) is 3.47. The molecule has 33 heavy (non-hydrogen) atoms. The summed E-state index contributed by atoms with van der Waals surface area (Å²) in [4.78, 5) is 19.6. The molecule has 3 aromatic rings. The van der Waals surface area contributed by atoms with Gasteiger partial charge in [0.1, 0.15) is 5.82 Å². The van der Waals surface area contributed by atoms with Gasteiger partial charge in [0.25, 0.3) is 5.91 Å². The van der Waals surface area contributed by atoms with E-state index in [4.69, 9.17) is 0 Å². The Hall–Kier alpha value is -3.49. The van der Waals surface area contributed by atoms with Crippen molar-refractivity contribution in [2.24, 2.45) is 11.3 Å². The Morgan fingerprint density at radius 3 is 2.64 bits per heavy atom. The molecule has 1 saturated heterocycles. The lowest BCUT2D eigenvalue weighted by atomic mass is 9.71. The first-order valence-corrected chi connectivity index (χ1v) is 10.8. The topological polar surface area (TPSA) is 71.0 Å². The highest BCUT2D eigenvalue weighted by Crippen LogP contribution is 2.71. The second-order valence-electron chi connectivity index (χ2n) is 9.10. The molecule has 3 heterocycles. The number of hydrogen-bond acceptors (Lipinski definition) is 5. The predicted octanol–water partition coefficient (Wildman–Crippen LogP) is 4.27. The molecule has 168 valence electrons. The molecule has 2 saturated carbocycles. The number of aromatic nitrogens is 3. The Morgan fingerprint density at radius 2 is 1.91 bits per heavy atom. The molecule has 2 aromatic heterocycles. The maximum absolute atomic E-state index is 13.7. The van der Waals surface area contributed by atoms with E-state index in [1.807, 2.05) is 35.2 Å². The summed E-state index contributed by atoms with van der Waals surface area (Å²) in [5.74, 6) is 0.841. The van der Waals surface area contributed by atoms with Gasteiger partial charge in [-0.25, -0.2) is 4.98 Å². The van der Waals surface area contributed by atoms with Crippen LogP contribution in [-0.4, -0.2) is 44.6 Å². The Labute approximate surface area is 187 Å². The number of amides is 1. The van der Waals surface area contributed by atoms with Crippen LogP contribution in [0.2, 0.25) is 0 Å². The molecule has 4 unspecified atom stereocenters. The molecule has 1 N–H and O–H groups in total. The molecule has 1 aliphatic heterocycles. The number of piperidine rings is 1. The molecule has 3 aliphatic rings. The van der Waals surface area contributed by atoms with E-state index < -0.39 is 11.7 Å². The normalized spacial score (nSPS) is 27.4. The van der Waals surface area contributed by atoms with Crippen molar-refractivity contribution in [3.63, 3.8) is 0 Å². The quantitative estimate of drug-likeness (QED) is 0.642. The molecule has 6 nitrogen and oxygen atoms in total. The summed E-state index contributed by atoms with van der Waals surface area (Å²) in [5, 5.41) is 11.0. The van der Waals surface area contributed by atoms with Gasteiger partial charge in [-0.1, -0.05) is 18.2 Å². The number of hydrogen-bond donors (Lipinski definition) is 1. The number of likely N-dealkylation sites (tertiary alicyclic amines) is 1. The number of anilines is 1. The van der Waals surface area contributed by atoms with E-state index in [-0.39, 0.29) is 23.4 Å². The van der Waals surface area contributed by atoms with Crippen LogP contribution >= 0.6 is 0 Å². The van der Waals surface area contributed by atoms with Crippen molar-refractivity contribution in [1.29, 1.82) is 0 Å². The lowest BCUT2D eigenvalue weighted by molar-refractivity contribution is -0.137. The number of pyridine rings is 1. The second kappa shape index (κ2) is 7.00. The van der Waals surface area contributed by atoms with Crippen molar-refractivity contribution >= 4 is 11.7 Å². The van der Waals surface area contributed by atoms with E-state index in [2.05, 4.69) is 20.5 Å². The molecule has 0 radical (unpaired) electrons. The van der Waals surface area contributed by atoms with Crippen LogP contribution in [0.3, 0.4) is 0 Å². The van der Waals surface area contributed by atoms with Gasteiger partial charge in [0, 0.05) is 29.9 Å². The molecule has 1 amide bonds. The van der Waals surface area contributed by atoms with E-state index >= 15 is 0 Å². The highest BCUT2D eigenvalue weighted by Gasteiger charge is 2.75. The van der Waals surface area contributed by atoms with E-state index in [0.29, 0.717) is 23.8 Å². The first-order valence-electron chi connectivity index (χ1n) is 10.8. The third-order valence-electron chi connectivity index (χ3n) is 7.34. The number of carbonyl (C=O) groups excluding carboxylic acids is 1. The molecule has 2 aliphatic carbocycles. The van der Waals surface area contributed by atoms with Crippen LogP contribution in [0, 0.1) is 11.3 Å². The smallest absolute Gasteiger partial charge is 0.365 e. The van der Waals surface area contributed by atoms with Crippen molar-refractivity contribution < 1.29 is 18.0 Å². The van der Waals surface area contributed by atoms with Crippen molar-refractivity contribution in [1.82, 2.24) is 20.1 Å². The van der Waals surface area contributed by atoms with Gasteiger partial charge in [-0.3, -0.25) is 4.79 Å². The second-order valence-corrected chi connectivity index (χ2v) is 9.10. The number of alkyl halides is 3. The van der Waals surface area contributed by atoms with Crippen LogP contribution in [0.5, 0.6) is 0 Å². The van der Waals surface area contributed by atoms with Crippen molar-refractivity contribution in [3.8, 4) is 11.1 Å². The monoisotopic (exact) mass is 451 g/mol. The van der Waals surface area contributed by atoms with Crippen molar-refractivity contribution in [2.45, 2.75) is 31.1 Å². The van der Waals surface area contributed by atoms with Gasteiger partial charge in [-0.15, -0.1) is 0 Å². The molecular formula is C24H20F3N5O. The lowest BCUT2D eigenvalue weighted by Crippen LogP contribution is -2.60. The van der Waals surface area contributed by atoms with E-state index in [1.165, 1.54) is 6.07 Å². The van der Waals surface area contributed by atoms with Crippen LogP contribution in [-0.2, 0) is 6.18 Å². The van der Waals surface area contributed by atoms with E-state index in [0.717, 1.165) is 36.2 Å². The van der Waals surface area contributed by atoms with Gasteiger partial charge in [0.15, 0.2) is 0 Å². The van der Waals surface area contributed by atoms with Gasteiger partial charge in [0.05, 0.1) is 24.0 Å². The Morgan fingerprint density at radius 1 is 1.06 bits per heavy atom. The third kappa shape index (κ3) is 3.17. The fourth-order valence-corrected chi connectivity index (χ4v) is 5.72. The van der Waals surface area contributed by atoms with Crippen LogP contribution in [0.1, 0.15) is 28.8 Å². The van der Waals surface area contributed by atoms with Gasteiger partial charge < -0.3 is 10.2 Å².